The summed E-state index contributed by atoms with van der Waals surface area (Å²) < 4.78 is 42.0. The van der Waals surface area contributed by atoms with Crippen LogP contribution in [0.2, 0.25) is 0 Å². The van der Waals surface area contributed by atoms with E-state index in [2.05, 4.69) is 0 Å². The lowest BCUT2D eigenvalue weighted by Crippen LogP contribution is -2.35. The van der Waals surface area contributed by atoms with E-state index in [0.29, 0.717) is 13.0 Å². The Morgan fingerprint density at radius 3 is 2.53 bits per heavy atom. The maximum atomic E-state index is 12.3. The minimum atomic E-state index is -4.69. The van der Waals surface area contributed by atoms with Gasteiger partial charge in [0.1, 0.15) is 0 Å². The quantitative estimate of drug-likeness (QED) is 0.802. The Morgan fingerprint density at radius 2 is 2.13 bits per heavy atom. The molecule has 3 nitrogen and oxygen atoms in total. The maximum absolute atomic E-state index is 12.3. The Morgan fingerprint density at radius 1 is 1.47 bits per heavy atom. The van der Waals surface area contributed by atoms with Gasteiger partial charge in [0.25, 0.3) is 0 Å². The van der Waals surface area contributed by atoms with Gasteiger partial charge in [0.2, 0.25) is 0 Å². The lowest BCUT2D eigenvalue weighted by molar-refractivity contribution is -0.200. The Bertz CT molecular complexity index is 221. The SMILES string of the molecule is O=C(O)[C@H](C[C@@H]1CCCCO1)C(F)(F)F. The van der Waals surface area contributed by atoms with Gasteiger partial charge in [0, 0.05) is 6.61 Å². The molecule has 0 unspecified atom stereocenters. The van der Waals surface area contributed by atoms with Gasteiger partial charge in [-0.05, 0) is 25.7 Å². The van der Waals surface area contributed by atoms with Crippen LogP contribution in [-0.2, 0) is 9.53 Å². The van der Waals surface area contributed by atoms with Crippen LogP contribution < -0.4 is 0 Å². The highest BCUT2D eigenvalue weighted by Crippen LogP contribution is 2.32. The number of carbonyl (C=O) groups is 1. The fourth-order valence-corrected chi connectivity index (χ4v) is 1.63. The molecule has 0 radical (unpaired) electrons. The van der Waals surface area contributed by atoms with E-state index >= 15 is 0 Å². The van der Waals surface area contributed by atoms with E-state index in [0.717, 1.165) is 12.8 Å². The molecule has 1 fully saturated rings. The van der Waals surface area contributed by atoms with Gasteiger partial charge in [-0.3, -0.25) is 4.79 Å². The number of ether oxygens (including phenoxy) is 1. The van der Waals surface area contributed by atoms with E-state index in [1.54, 1.807) is 0 Å². The third-order valence-corrected chi connectivity index (χ3v) is 2.47. The van der Waals surface area contributed by atoms with Crippen molar-refractivity contribution in [2.24, 2.45) is 5.92 Å². The van der Waals surface area contributed by atoms with E-state index in [1.807, 2.05) is 0 Å². The van der Waals surface area contributed by atoms with Crippen molar-refractivity contribution in [3.05, 3.63) is 0 Å². The standard InChI is InChI=1S/C9H13F3O3/c10-9(11,12)7(8(13)14)5-6-3-1-2-4-15-6/h6-7H,1-5H2,(H,13,14)/t6-,7-/m0/s1. The van der Waals surface area contributed by atoms with Crippen molar-refractivity contribution in [1.29, 1.82) is 0 Å². The monoisotopic (exact) mass is 226 g/mol. The van der Waals surface area contributed by atoms with Crippen LogP contribution in [0, 0.1) is 5.92 Å². The number of alkyl halides is 3. The number of carboxylic acids is 1. The molecule has 1 heterocycles. The number of rotatable bonds is 3. The maximum Gasteiger partial charge on any atom is 0.402 e. The predicted octanol–water partition coefficient (Wildman–Crippen LogP) is 2.21. The molecular formula is C9H13F3O3. The Kier molecular flexibility index (Phi) is 3.96. The fraction of sp³-hybridized carbons (Fsp3) is 0.889. The number of aliphatic carboxylic acids is 1. The average molecular weight is 226 g/mol. The van der Waals surface area contributed by atoms with Crippen LogP contribution in [0.25, 0.3) is 0 Å². The lowest BCUT2D eigenvalue weighted by Gasteiger charge is -2.26. The summed E-state index contributed by atoms with van der Waals surface area (Å²) in [5.41, 5.74) is 0. The number of halogens is 3. The third-order valence-electron chi connectivity index (χ3n) is 2.47. The summed E-state index contributed by atoms with van der Waals surface area (Å²) in [7, 11) is 0. The van der Waals surface area contributed by atoms with Gasteiger partial charge >= 0.3 is 12.1 Å². The van der Waals surface area contributed by atoms with E-state index in [4.69, 9.17) is 9.84 Å². The van der Waals surface area contributed by atoms with E-state index < -0.39 is 30.6 Å². The molecule has 1 rings (SSSR count). The second kappa shape index (κ2) is 4.83. The van der Waals surface area contributed by atoms with E-state index in [1.165, 1.54) is 0 Å². The molecule has 1 aliphatic rings. The van der Waals surface area contributed by atoms with E-state index in [9.17, 15) is 18.0 Å². The van der Waals surface area contributed by atoms with Crippen LogP contribution >= 0.6 is 0 Å². The Hall–Kier alpha value is -0.780. The van der Waals surface area contributed by atoms with Gasteiger partial charge in [-0.2, -0.15) is 13.2 Å². The summed E-state index contributed by atoms with van der Waals surface area (Å²) in [4.78, 5) is 10.4. The number of hydrogen-bond donors (Lipinski definition) is 1. The third kappa shape index (κ3) is 3.70. The summed E-state index contributed by atoms with van der Waals surface area (Å²) in [6.07, 6.45) is -3.58. The van der Waals surface area contributed by atoms with Crippen molar-refractivity contribution in [2.75, 3.05) is 6.61 Å². The van der Waals surface area contributed by atoms with Crippen LogP contribution in [0.5, 0.6) is 0 Å². The van der Waals surface area contributed by atoms with Crippen molar-refractivity contribution >= 4 is 5.97 Å². The first kappa shape index (κ1) is 12.3. The fourth-order valence-electron chi connectivity index (χ4n) is 1.63. The van der Waals surface area contributed by atoms with Crippen LogP contribution in [0.4, 0.5) is 13.2 Å². The topological polar surface area (TPSA) is 46.5 Å². The number of carboxylic acid groups (broad SMARTS) is 1. The molecule has 0 aromatic rings. The van der Waals surface area contributed by atoms with Crippen molar-refractivity contribution < 1.29 is 27.8 Å². The highest BCUT2D eigenvalue weighted by atomic mass is 19.4. The van der Waals surface area contributed by atoms with Crippen molar-refractivity contribution in [3.63, 3.8) is 0 Å². The molecule has 6 heteroatoms. The minimum absolute atomic E-state index is 0.425. The molecule has 0 aromatic carbocycles. The molecule has 1 aliphatic heterocycles. The first-order chi connectivity index (χ1) is 6.91. The molecule has 2 atom stereocenters. The van der Waals surface area contributed by atoms with Gasteiger partial charge in [0.15, 0.2) is 5.92 Å². The molecule has 1 N–H and O–H groups in total. The lowest BCUT2D eigenvalue weighted by atomic mass is 9.96. The average Bonchev–Trinajstić information content (AvgIpc) is 2.13. The summed E-state index contributed by atoms with van der Waals surface area (Å²) in [6, 6.07) is 0. The highest BCUT2D eigenvalue weighted by Gasteiger charge is 2.46. The van der Waals surface area contributed by atoms with Gasteiger partial charge in [-0.1, -0.05) is 0 Å². The van der Waals surface area contributed by atoms with Crippen molar-refractivity contribution in [3.8, 4) is 0 Å². The molecule has 0 bridgehead atoms. The summed E-state index contributed by atoms with van der Waals surface area (Å²) in [5, 5.41) is 8.46. The molecule has 0 aliphatic carbocycles. The smallest absolute Gasteiger partial charge is 0.402 e. The summed E-state index contributed by atoms with van der Waals surface area (Å²) >= 11 is 0. The zero-order chi connectivity index (χ0) is 11.5. The molecule has 15 heavy (non-hydrogen) atoms. The molecule has 0 saturated carbocycles. The van der Waals surface area contributed by atoms with Crippen molar-refractivity contribution in [1.82, 2.24) is 0 Å². The normalized spacial score (nSPS) is 24.9. The molecule has 0 aromatic heterocycles. The second-order valence-corrected chi connectivity index (χ2v) is 3.66. The Labute approximate surface area is 85.2 Å². The summed E-state index contributed by atoms with van der Waals surface area (Å²) in [5.74, 6) is -4.13. The Balaban J connectivity index is 2.54. The van der Waals surface area contributed by atoms with Gasteiger partial charge in [0.05, 0.1) is 6.10 Å². The molecule has 0 amide bonds. The van der Waals surface area contributed by atoms with Crippen LogP contribution in [0.3, 0.4) is 0 Å². The first-order valence-electron chi connectivity index (χ1n) is 4.82. The van der Waals surface area contributed by atoms with Gasteiger partial charge < -0.3 is 9.84 Å². The number of hydrogen-bond acceptors (Lipinski definition) is 2. The van der Waals surface area contributed by atoms with Crippen molar-refractivity contribution in [2.45, 2.75) is 38.0 Å². The van der Waals surface area contributed by atoms with Crippen LogP contribution in [-0.4, -0.2) is 30.0 Å². The molecule has 88 valence electrons. The second-order valence-electron chi connectivity index (χ2n) is 3.66. The largest absolute Gasteiger partial charge is 0.481 e. The van der Waals surface area contributed by atoms with Gasteiger partial charge in [-0.15, -0.1) is 0 Å². The van der Waals surface area contributed by atoms with Gasteiger partial charge in [-0.25, -0.2) is 0 Å². The molecule has 1 saturated heterocycles. The predicted molar refractivity (Wildman–Crippen MR) is 45.4 cm³/mol. The highest BCUT2D eigenvalue weighted by molar-refractivity contribution is 5.70. The van der Waals surface area contributed by atoms with E-state index in [-0.39, 0.29) is 0 Å². The minimum Gasteiger partial charge on any atom is -0.481 e. The zero-order valence-corrected chi connectivity index (χ0v) is 8.09. The first-order valence-corrected chi connectivity index (χ1v) is 4.82. The molecule has 0 spiro atoms. The molecular weight excluding hydrogens is 213 g/mol. The zero-order valence-electron chi connectivity index (χ0n) is 8.09. The summed E-state index contributed by atoms with van der Waals surface area (Å²) in [6.45, 7) is 0.425. The van der Waals surface area contributed by atoms with Crippen LogP contribution in [0.15, 0.2) is 0 Å². The van der Waals surface area contributed by atoms with Crippen LogP contribution in [0.1, 0.15) is 25.7 Å².